The van der Waals surface area contributed by atoms with E-state index in [4.69, 9.17) is 16.3 Å². The summed E-state index contributed by atoms with van der Waals surface area (Å²) in [4.78, 5) is 40.3. The van der Waals surface area contributed by atoms with E-state index in [0.717, 1.165) is 0 Å². The number of hydrogen-bond acceptors (Lipinski definition) is 8. The van der Waals surface area contributed by atoms with Crippen molar-refractivity contribution >= 4 is 17.6 Å². The van der Waals surface area contributed by atoms with E-state index in [1.54, 1.807) is 0 Å². The van der Waals surface area contributed by atoms with Gasteiger partial charge in [0.25, 0.3) is 10.2 Å². The summed E-state index contributed by atoms with van der Waals surface area (Å²) >= 11 is 5.47. The van der Waals surface area contributed by atoms with E-state index < -0.39 is 46.3 Å². The Balaban J connectivity index is 4.72. The van der Waals surface area contributed by atoms with E-state index >= 15 is 0 Å². The molecular formula is C9H15ClN2O8. The molecule has 11 heteroatoms. The molecule has 2 atom stereocenters. The molecule has 10 nitrogen and oxygen atoms in total. The van der Waals surface area contributed by atoms with Gasteiger partial charge in [-0.3, -0.25) is 4.79 Å². The summed E-state index contributed by atoms with van der Waals surface area (Å²) in [5, 5.41) is 17.5. The SMILES string of the molecule is CC(Cl)C(=O)OCC(O[N+](=O)[O-])C(C)(C)CO[N+](=O)[O-]. The normalized spacial score (nSPS) is 14.0. The molecule has 20 heavy (non-hydrogen) atoms. The van der Waals surface area contributed by atoms with Crippen LogP contribution in [0, 0.1) is 25.6 Å². The predicted molar refractivity (Wildman–Crippen MR) is 64.9 cm³/mol. The van der Waals surface area contributed by atoms with Crippen molar-refractivity contribution in [1.29, 1.82) is 0 Å². The van der Waals surface area contributed by atoms with Gasteiger partial charge in [0, 0.05) is 5.41 Å². The molecule has 0 heterocycles. The molecule has 0 aliphatic heterocycles. The second-order valence-electron chi connectivity index (χ2n) is 4.55. The minimum Gasteiger partial charge on any atom is -0.462 e. The molecule has 0 radical (unpaired) electrons. The average molecular weight is 315 g/mol. The molecule has 0 saturated carbocycles. The highest BCUT2D eigenvalue weighted by Crippen LogP contribution is 2.25. The summed E-state index contributed by atoms with van der Waals surface area (Å²) in [7, 11) is 0. The Bertz CT molecular complexity index is 373. The van der Waals surface area contributed by atoms with Crippen molar-refractivity contribution in [2.75, 3.05) is 13.2 Å². The molecule has 0 spiro atoms. The first-order valence-corrected chi connectivity index (χ1v) is 5.89. The van der Waals surface area contributed by atoms with E-state index in [1.807, 2.05) is 0 Å². The van der Waals surface area contributed by atoms with Crippen LogP contribution in [0.2, 0.25) is 0 Å². The van der Waals surface area contributed by atoms with Gasteiger partial charge in [-0.15, -0.1) is 31.8 Å². The molecule has 0 rings (SSSR count). The molecule has 0 N–H and O–H groups in total. The smallest absolute Gasteiger partial charge is 0.323 e. The average Bonchev–Trinajstić information content (AvgIpc) is 2.30. The van der Waals surface area contributed by atoms with Crippen LogP contribution in [-0.2, 0) is 19.2 Å². The summed E-state index contributed by atoms with van der Waals surface area (Å²) in [6.45, 7) is 3.29. The van der Waals surface area contributed by atoms with Crippen LogP contribution in [0.5, 0.6) is 0 Å². The number of esters is 1. The molecule has 2 unspecified atom stereocenters. The van der Waals surface area contributed by atoms with Crippen molar-refractivity contribution in [3.05, 3.63) is 20.2 Å². The highest BCUT2D eigenvalue weighted by molar-refractivity contribution is 6.29. The lowest BCUT2D eigenvalue weighted by Crippen LogP contribution is -2.42. The summed E-state index contributed by atoms with van der Waals surface area (Å²) in [5.74, 6) is -0.783. The molecule has 0 saturated heterocycles. The van der Waals surface area contributed by atoms with Gasteiger partial charge < -0.3 is 14.4 Å². The second-order valence-corrected chi connectivity index (χ2v) is 5.20. The molecule has 116 valence electrons. The van der Waals surface area contributed by atoms with Crippen molar-refractivity contribution in [1.82, 2.24) is 0 Å². The lowest BCUT2D eigenvalue weighted by Gasteiger charge is -2.30. The standard InChI is InChI=1S/C9H15ClN2O8/c1-6(10)8(13)18-4-7(20-12(16)17)9(2,3)5-19-11(14)15/h6-7H,4-5H2,1-3H3. The molecule has 0 bridgehead atoms. The van der Waals surface area contributed by atoms with Gasteiger partial charge in [-0.1, -0.05) is 13.8 Å². The van der Waals surface area contributed by atoms with Gasteiger partial charge in [-0.2, -0.15) is 0 Å². The van der Waals surface area contributed by atoms with Gasteiger partial charge >= 0.3 is 5.97 Å². The maximum atomic E-state index is 11.2. The molecular weight excluding hydrogens is 300 g/mol. The zero-order valence-electron chi connectivity index (χ0n) is 11.1. The van der Waals surface area contributed by atoms with Crippen LogP contribution in [0.1, 0.15) is 20.8 Å². The second kappa shape index (κ2) is 7.68. The van der Waals surface area contributed by atoms with E-state index in [2.05, 4.69) is 9.68 Å². The Labute approximate surface area is 119 Å². The molecule has 0 fully saturated rings. The number of hydrogen-bond donors (Lipinski definition) is 0. The summed E-state index contributed by atoms with van der Waals surface area (Å²) in [6, 6.07) is 0. The van der Waals surface area contributed by atoms with E-state index in [1.165, 1.54) is 20.8 Å². The van der Waals surface area contributed by atoms with Gasteiger partial charge in [-0.05, 0) is 6.92 Å². The third-order valence-corrected chi connectivity index (χ3v) is 2.51. The largest absolute Gasteiger partial charge is 0.462 e. The number of nitrogens with zero attached hydrogens (tertiary/aromatic N) is 2. The van der Waals surface area contributed by atoms with Crippen molar-refractivity contribution in [2.24, 2.45) is 5.41 Å². The molecule has 0 aliphatic carbocycles. The topological polar surface area (TPSA) is 131 Å². The summed E-state index contributed by atoms with van der Waals surface area (Å²) in [5.41, 5.74) is -1.14. The highest BCUT2D eigenvalue weighted by atomic mass is 35.5. The van der Waals surface area contributed by atoms with Crippen LogP contribution in [0.3, 0.4) is 0 Å². The number of carbonyl (C=O) groups is 1. The van der Waals surface area contributed by atoms with Crippen LogP contribution in [0.4, 0.5) is 0 Å². The van der Waals surface area contributed by atoms with E-state index in [9.17, 15) is 25.0 Å². The first kappa shape index (κ1) is 18.2. The fourth-order valence-corrected chi connectivity index (χ4v) is 1.15. The van der Waals surface area contributed by atoms with Crippen molar-refractivity contribution in [2.45, 2.75) is 32.3 Å². The maximum absolute atomic E-state index is 11.2. The Kier molecular flexibility index (Phi) is 6.97. The van der Waals surface area contributed by atoms with E-state index in [0.29, 0.717) is 0 Å². The van der Waals surface area contributed by atoms with E-state index in [-0.39, 0.29) is 0 Å². The van der Waals surface area contributed by atoms with Crippen molar-refractivity contribution < 1.29 is 29.4 Å². The zero-order chi connectivity index (χ0) is 15.9. The fourth-order valence-electron chi connectivity index (χ4n) is 1.09. The third kappa shape index (κ3) is 6.92. The van der Waals surface area contributed by atoms with Gasteiger partial charge in [0.15, 0.2) is 0 Å². The molecule has 0 amide bonds. The first-order chi connectivity index (χ1) is 9.06. The van der Waals surface area contributed by atoms with Gasteiger partial charge in [-0.25, -0.2) is 0 Å². The van der Waals surface area contributed by atoms with Crippen molar-refractivity contribution in [3.8, 4) is 0 Å². The minimum absolute atomic E-state index is 0.466. The molecule has 0 aliphatic rings. The predicted octanol–water partition coefficient (Wildman–Crippen LogP) is 0.968. The maximum Gasteiger partial charge on any atom is 0.323 e. The van der Waals surface area contributed by atoms with Gasteiger partial charge in [0.05, 0.1) is 0 Å². The first-order valence-electron chi connectivity index (χ1n) is 5.45. The lowest BCUT2D eigenvalue weighted by molar-refractivity contribution is -0.780. The number of halogens is 1. The zero-order valence-corrected chi connectivity index (χ0v) is 11.9. The fraction of sp³-hybridized carbons (Fsp3) is 0.889. The number of rotatable bonds is 9. The van der Waals surface area contributed by atoms with Gasteiger partial charge in [0.1, 0.15) is 24.7 Å². The number of alkyl halides is 1. The van der Waals surface area contributed by atoms with Crippen LogP contribution >= 0.6 is 11.6 Å². The third-order valence-electron chi connectivity index (χ3n) is 2.33. The Morgan fingerprint density at radius 1 is 1.30 bits per heavy atom. The van der Waals surface area contributed by atoms with Crippen LogP contribution in [0.25, 0.3) is 0 Å². The number of ether oxygens (including phenoxy) is 1. The Hall–Kier alpha value is -1.84. The van der Waals surface area contributed by atoms with Crippen LogP contribution in [0.15, 0.2) is 0 Å². The quantitative estimate of drug-likeness (QED) is 0.266. The van der Waals surface area contributed by atoms with Crippen molar-refractivity contribution in [3.63, 3.8) is 0 Å². The monoisotopic (exact) mass is 314 g/mol. The molecule has 0 aromatic carbocycles. The number of carbonyl (C=O) groups excluding carboxylic acids is 1. The summed E-state index contributed by atoms with van der Waals surface area (Å²) < 4.78 is 4.73. The molecule has 0 aromatic heterocycles. The minimum atomic E-state index is -1.24. The van der Waals surface area contributed by atoms with Crippen LogP contribution < -0.4 is 0 Å². The highest BCUT2D eigenvalue weighted by Gasteiger charge is 2.35. The molecule has 0 aromatic rings. The van der Waals surface area contributed by atoms with Crippen LogP contribution in [-0.4, -0.2) is 40.8 Å². The van der Waals surface area contributed by atoms with Gasteiger partial charge in [0.2, 0.25) is 0 Å². The Morgan fingerprint density at radius 3 is 2.25 bits per heavy atom. The summed E-state index contributed by atoms with van der Waals surface area (Å²) in [6.07, 6.45) is -1.24. The lowest BCUT2D eigenvalue weighted by atomic mass is 9.88. The Morgan fingerprint density at radius 2 is 1.85 bits per heavy atom.